The molecule has 0 unspecified atom stereocenters. The maximum absolute atomic E-state index is 13.0. The maximum Gasteiger partial charge on any atom is 0.574 e. The third-order valence-electron chi connectivity index (χ3n) is 4.82. The lowest BCUT2D eigenvalue weighted by atomic mass is 9.98. The summed E-state index contributed by atoms with van der Waals surface area (Å²) in [5.74, 6) is -0.641. The molecule has 0 aromatic carbocycles. The Morgan fingerprint density at radius 3 is 2.42 bits per heavy atom. The lowest BCUT2D eigenvalue weighted by molar-refractivity contribution is -0.325. The monoisotopic (exact) mass is 557 g/mol. The van der Waals surface area contributed by atoms with Crippen molar-refractivity contribution in [3.05, 3.63) is 24.2 Å². The van der Waals surface area contributed by atoms with Gasteiger partial charge in [-0.2, -0.15) is 0 Å². The molecule has 0 spiro atoms. The van der Waals surface area contributed by atoms with Crippen LogP contribution in [0.3, 0.4) is 0 Å². The fraction of sp³-hybridized carbons (Fsp3) is 0.619. The number of nitrogens with one attached hydrogen (secondary N) is 1. The maximum atomic E-state index is 13.0. The van der Waals surface area contributed by atoms with Crippen molar-refractivity contribution in [2.45, 2.75) is 64.0 Å². The molecule has 38 heavy (non-hydrogen) atoms. The fourth-order valence-corrected chi connectivity index (χ4v) is 3.45. The molecule has 17 heteroatoms. The van der Waals surface area contributed by atoms with E-state index < -0.39 is 55.6 Å². The molecule has 2 aromatic rings. The lowest BCUT2D eigenvalue weighted by Crippen LogP contribution is -2.48. The van der Waals surface area contributed by atoms with Gasteiger partial charge in [-0.3, -0.25) is 9.64 Å². The van der Waals surface area contributed by atoms with Crippen molar-refractivity contribution in [3.63, 3.8) is 0 Å². The second-order valence-corrected chi connectivity index (χ2v) is 9.05. The molecule has 1 saturated heterocycles. The molecule has 1 fully saturated rings. The normalized spacial score (nSPS) is 18.7. The van der Waals surface area contributed by atoms with E-state index in [0.29, 0.717) is 18.5 Å². The number of hydrogen-bond donors (Lipinski definition) is 1. The van der Waals surface area contributed by atoms with E-state index in [-0.39, 0.29) is 18.5 Å². The van der Waals surface area contributed by atoms with Gasteiger partial charge in [0.15, 0.2) is 0 Å². The van der Waals surface area contributed by atoms with E-state index in [1.165, 1.54) is 11.0 Å². The van der Waals surface area contributed by atoms with Gasteiger partial charge >= 0.3 is 24.9 Å². The number of alkyl halides is 6. The van der Waals surface area contributed by atoms with Crippen molar-refractivity contribution in [1.82, 2.24) is 20.1 Å². The molecule has 11 nitrogen and oxygen atoms in total. The van der Waals surface area contributed by atoms with Crippen LogP contribution in [0.1, 0.15) is 45.5 Å². The standard InChI is InChI=1S/C21H25F6N5O6/c1-19(2,3)38-18(33)32-11-13(29-12-5-7-15(28-10-12)37-21(25,26)27)4-6-14(32)16-30-31-17(36-16)34-8-9-35-20(22,23)24/h5,7,10,13-14,29H,4,6,8-9,11H2,1-3H3/t13-,14+/m0/s1. The first kappa shape index (κ1) is 29.1. The van der Waals surface area contributed by atoms with Crippen molar-refractivity contribution in [1.29, 1.82) is 0 Å². The highest BCUT2D eigenvalue weighted by Crippen LogP contribution is 2.34. The highest BCUT2D eigenvalue weighted by atomic mass is 19.4. The largest absolute Gasteiger partial charge is 0.574 e. The van der Waals surface area contributed by atoms with Crippen molar-refractivity contribution in [2.24, 2.45) is 0 Å². The van der Waals surface area contributed by atoms with E-state index in [4.69, 9.17) is 13.9 Å². The number of piperidine rings is 1. The average molecular weight is 557 g/mol. The highest BCUT2D eigenvalue weighted by Gasteiger charge is 2.38. The summed E-state index contributed by atoms with van der Waals surface area (Å²) in [6, 6.07) is 1.31. The Hall–Kier alpha value is -3.50. The molecule has 1 amide bonds. The van der Waals surface area contributed by atoms with E-state index in [2.05, 4.69) is 30.0 Å². The number of ether oxygens (including phenoxy) is 4. The predicted molar refractivity (Wildman–Crippen MR) is 115 cm³/mol. The van der Waals surface area contributed by atoms with E-state index in [0.717, 1.165) is 12.3 Å². The third-order valence-corrected chi connectivity index (χ3v) is 4.82. The Kier molecular flexibility index (Phi) is 8.79. The minimum Gasteiger partial charge on any atom is -0.447 e. The van der Waals surface area contributed by atoms with Crippen LogP contribution in [0.5, 0.6) is 12.0 Å². The van der Waals surface area contributed by atoms with Crippen LogP contribution in [0.25, 0.3) is 0 Å². The summed E-state index contributed by atoms with van der Waals surface area (Å²) in [6.45, 7) is 3.82. The van der Waals surface area contributed by atoms with Gasteiger partial charge in [0.2, 0.25) is 11.8 Å². The number of hydrogen-bond acceptors (Lipinski definition) is 10. The van der Waals surface area contributed by atoms with Crippen molar-refractivity contribution < 1.29 is 54.5 Å². The molecule has 212 valence electrons. The van der Waals surface area contributed by atoms with Crippen molar-refractivity contribution >= 4 is 11.8 Å². The minimum atomic E-state index is -4.87. The molecule has 2 atom stereocenters. The molecule has 0 bridgehead atoms. The van der Waals surface area contributed by atoms with Gasteiger partial charge in [-0.15, -0.1) is 31.4 Å². The second-order valence-electron chi connectivity index (χ2n) is 9.05. The Morgan fingerprint density at radius 2 is 1.82 bits per heavy atom. The van der Waals surface area contributed by atoms with Crippen molar-refractivity contribution in [3.8, 4) is 12.0 Å². The van der Waals surface area contributed by atoms with Crippen molar-refractivity contribution in [2.75, 3.05) is 25.1 Å². The quantitative estimate of drug-likeness (QED) is 0.357. The summed E-state index contributed by atoms with van der Waals surface area (Å²) < 4.78 is 96.5. The molecule has 3 heterocycles. The van der Waals surface area contributed by atoms with Crippen LogP contribution in [0, 0.1) is 0 Å². The number of aromatic nitrogens is 3. The number of amides is 1. The molecule has 0 radical (unpaired) electrons. The first-order valence-electron chi connectivity index (χ1n) is 11.2. The zero-order valence-electron chi connectivity index (χ0n) is 20.4. The molecule has 2 aromatic heterocycles. The summed E-state index contributed by atoms with van der Waals surface area (Å²) in [4.78, 5) is 17.9. The zero-order valence-corrected chi connectivity index (χ0v) is 20.4. The Labute approximate surface area is 212 Å². The van der Waals surface area contributed by atoms with E-state index >= 15 is 0 Å². The summed E-state index contributed by atoms with van der Waals surface area (Å²) >= 11 is 0. The molecule has 1 aliphatic heterocycles. The van der Waals surface area contributed by atoms with Crippen LogP contribution >= 0.6 is 0 Å². The molecule has 3 rings (SSSR count). The molecule has 1 aliphatic rings. The number of likely N-dealkylation sites (tertiary alicyclic amines) is 1. The number of halogens is 6. The topological polar surface area (TPSA) is 121 Å². The number of carbonyl (C=O) groups is 1. The molecular weight excluding hydrogens is 532 g/mol. The van der Waals surface area contributed by atoms with Gasteiger partial charge in [0.05, 0.1) is 18.5 Å². The zero-order chi connectivity index (χ0) is 28.1. The lowest BCUT2D eigenvalue weighted by Gasteiger charge is -2.39. The van der Waals surface area contributed by atoms with Crippen LogP contribution in [0.4, 0.5) is 36.8 Å². The number of anilines is 1. The first-order valence-corrected chi connectivity index (χ1v) is 11.2. The number of pyridine rings is 1. The highest BCUT2D eigenvalue weighted by molar-refractivity contribution is 5.69. The molecule has 0 aliphatic carbocycles. The van der Waals surface area contributed by atoms with Crippen LogP contribution in [-0.4, -0.2) is 70.3 Å². The van der Waals surface area contributed by atoms with E-state index in [9.17, 15) is 31.1 Å². The number of rotatable bonds is 8. The summed E-state index contributed by atoms with van der Waals surface area (Å²) in [6.07, 6.45) is -8.84. The minimum absolute atomic E-state index is 0.0173. The fourth-order valence-electron chi connectivity index (χ4n) is 3.45. The molecule has 0 saturated carbocycles. The van der Waals surface area contributed by atoms with Crippen LogP contribution < -0.4 is 14.8 Å². The van der Waals surface area contributed by atoms with Gasteiger partial charge < -0.3 is 23.9 Å². The SMILES string of the molecule is CC(C)(C)OC(=O)N1C[C@@H](Nc2ccc(OC(F)(F)F)nc2)CC[C@@H]1c1nnc(OCCOC(F)(F)F)o1. The first-order chi connectivity index (χ1) is 17.6. The average Bonchev–Trinajstić information content (AvgIpc) is 3.24. The molecule has 1 N–H and O–H groups in total. The molecular formula is C21H25F6N5O6. The summed E-state index contributed by atoms with van der Waals surface area (Å²) in [5, 5.41) is 10.6. The van der Waals surface area contributed by atoms with E-state index in [1.807, 2.05) is 0 Å². The van der Waals surface area contributed by atoms with Crippen LogP contribution in [0.15, 0.2) is 22.7 Å². The Bertz CT molecular complexity index is 1060. The van der Waals surface area contributed by atoms with E-state index in [1.54, 1.807) is 20.8 Å². The third kappa shape index (κ3) is 9.42. The van der Waals surface area contributed by atoms with Gasteiger partial charge in [0.1, 0.15) is 18.2 Å². The summed E-state index contributed by atoms with van der Waals surface area (Å²) in [7, 11) is 0. The number of nitrogens with zero attached hydrogens (tertiary/aromatic N) is 4. The van der Waals surface area contributed by atoms with Gasteiger partial charge in [0, 0.05) is 18.7 Å². The van der Waals surface area contributed by atoms with Gasteiger partial charge in [-0.1, -0.05) is 5.10 Å². The van der Waals surface area contributed by atoms with Crippen LogP contribution in [0.2, 0.25) is 0 Å². The van der Waals surface area contributed by atoms with Gasteiger partial charge in [0.25, 0.3) is 0 Å². The number of carbonyl (C=O) groups excluding carboxylic acids is 1. The Morgan fingerprint density at radius 1 is 1.08 bits per heavy atom. The Balaban J connectivity index is 1.67. The van der Waals surface area contributed by atoms with Crippen LogP contribution in [-0.2, 0) is 9.47 Å². The predicted octanol–water partition coefficient (Wildman–Crippen LogP) is 4.83. The van der Waals surface area contributed by atoms with Gasteiger partial charge in [-0.05, 0) is 39.7 Å². The summed E-state index contributed by atoms with van der Waals surface area (Å²) in [5.41, 5.74) is -0.441. The second kappa shape index (κ2) is 11.5. The smallest absolute Gasteiger partial charge is 0.447 e. The van der Waals surface area contributed by atoms with Gasteiger partial charge in [-0.25, -0.2) is 9.78 Å².